The minimum Gasteiger partial charge on any atom is -0.501 e. The van der Waals surface area contributed by atoms with Crippen LogP contribution in [-0.4, -0.2) is 68.2 Å². The van der Waals surface area contributed by atoms with Gasteiger partial charge < -0.3 is 13.9 Å². The maximum absolute atomic E-state index is 14.9. The first-order chi connectivity index (χ1) is 35.4. The number of amides is 4. The first-order valence-corrected chi connectivity index (χ1v) is 27.2. The van der Waals surface area contributed by atoms with E-state index in [1.807, 2.05) is 29.1 Å². The third-order valence-corrected chi connectivity index (χ3v) is 16.9. The van der Waals surface area contributed by atoms with Crippen molar-refractivity contribution < 1.29 is 36.7 Å². The van der Waals surface area contributed by atoms with Crippen molar-refractivity contribution in [2.75, 3.05) is 16.9 Å². The van der Waals surface area contributed by atoms with Gasteiger partial charge in [-0.1, -0.05) is 88.8 Å². The Bertz CT molecular complexity index is 3340. The summed E-state index contributed by atoms with van der Waals surface area (Å²) in [4.78, 5) is 76.3. The monoisotopic (exact) mass is 1020 g/mol. The number of hydrogen-bond donors (Lipinski definition) is 0. The molecule has 5 aliphatic rings. The van der Waals surface area contributed by atoms with Crippen LogP contribution < -0.4 is 9.80 Å². The molecule has 376 valence electrons. The number of ether oxygens (including phenoxy) is 1. The van der Waals surface area contributed by atoms with Gasteiger partial charge in [-0.25, -0.2) is 42.5 Å². The molecule has 15 nitrogen and oxygen atoms in total. The molecule has 73 heavy (non-hydrogen) atoms. The number of hydrogen-bond acceptors (Lipinski definition) is 11. The van der Waals surface area contributed by atoms with Gasteiger partial charge in [-0.3, -0.25) is 19.2 Å². The molecular weight excluding hydrogens is 968 g/mol. The van der Waals surface area contributed by atoms with E-state index in [2.05, 4.69) is 19.9 Å². The average Bonchev–Trinajstić information content (AvgIpc) is 4.09. The van der Waals surface area contributed by atoms with Gasteiger partial charge in [0.05, 0.1) is 61.6 Å². The molecule has 4 amide bonds. The van der Waals surface area contributed by atoms with Crippen LogP contribution in [0.4, 0.5) is 16.0 Å². The third-order valence-electron chi connectivity index (χ3n) is 14.0. The summed E-state index contributed by atoms with van der Waals surface area (Å²) in [6, 6.07) is 13.4. The van der Waals surface area contributed by atoms with Crippen molar-refractivity contribution in [1.29, 1.82) is 0 Å². The second-order valence-electron chi connectivity index (χ2n) is 19.1. The zero-order valence-electron chi connectivity index (χ0n) is 41.1. The Morgan fingerprint density at radius 2 is 1.11 bits per heavy atom. The van der Waals surface area contributed by atoms with E-state index in [1.165, 1.54) is 17.2 Å². The molecule has 6 heterocycles. The van der Waals surface area contributed by atoms with Crippen molar-refractivity contribution in [3.05, 3.63) is 141 Å². The van der Waals surface area contributed by atoms with E-state index in [-0.39, 0.29) is 40.0 Å². The molecule has 0 spiro atoms. The molecule has 0 radical (unpaired) electrons. The van der Waals surface area contributed by atoms with Crippen LogP contribution in [-0.2, 0) is 26.3 Å². The highest BCUT2D eigenvalue weighted by Gasteiger charge is 2.45. The van der Waals surface area contributed by atoms with Gasteiger partial charge in [0.2, 0.25) is 0 Å². The summed E-state index contributed by atoms with van der Waals surface area (Å²) in [5.74, 6) is -1.10. The summed E-state index contributed by atoms with van der Waals surface area (Å²) in [5.41, 5.74) is 2.99. The number of anilines is 2. The highest BCUT2D eigenvalue weighted by molar-refractivity contribution is 7.90. The number of allylic oxidation sites excluding steroid dienone is 6. The maximum atomic E-state index is 14.9. The Morgan fingerprint density at radius 1 is 0.671 bits per heavy atom. The van der Waals surface area contributed by atoms with E-state index in [0.29, 0.717) is 72.4 Å². The molecule has 0 saturated heterocycles. The minimum atomic E-state index is -2.01. The lowest BCUT2D eigenvalue weighted by Crippen LogP contribution is -2.33. The fourth-order valence-electron chi connectivity index (χ4n) is 10.6. The third kappa shape index (κ3) is 8.91. The van der Waals surface area contributed by atoms with Crippen LogP contribution in [0.15, 0.2) is 129 Å². The molecule has 18 heteroatoms. The molecular formula is C55H55FN8O7S2. The minimum absolute atomic E-state index is 0.00166. The van der Waals surface area contributed by atoms with Crippen molar-refractivity contribution >= 4 is 79.2 Å². The molecule has 4 aromatic heterocycles. The van der Waals surface area contributed by atoms with Crippen LogP contribution in [0.2, 0.25) is 0 Å². The highest BCUT2D eigenvalue weighted by atomic mass is 32.2. The Labute approximate surface area is 426 Å². The summed E-state index contributed by atoms with van der Waals surface area (Å²) in [7, 11) is -2.24. The van der Waals surface area contributed by atoms with Gasteiger partial charge >= 0.3 is 0 Å². The molecule has 2 aromatic carbocycles. The van der Waals surface area contributed by atoms with Gasteiger partial charge in [-0.2, -0.15) is 0 Å². The lowest BCUT2D eigenvalue weighted by molar-refractivity contribution is 0.0906. The molecule has 2 saturated carbocycles. The zero-order valence-corrected chi connectivity index (χ0v) is 42.7. The first-order valence-electron chi connectivity index (χ1n) is 24.9. The van der Waals surface area contributed by atoms with Gasteiger partial charge in [0, 0.05) is 48.2 Å². The van der Waals surface area contributed by atoms with Crippen LogP contribution in [0.25, 0.3) is 22.3 Å². The second kappa shape index (κ2) is 20.8. The number of imide groups is 2. The molecule has 2 unspecified atom stereocenters. The number of methoxy groups -OCH3 is 1. The van der Waals surface area contributed by atoms with Crippen LogP contribution in [0.3, 0.4) is 0 Å². The largest absolute Gasteiger partial charge is 0.501 e. The lowest BCUT2D eigenvalue weighted by atomic mass is 9.95. The SMILES string of the molecule is CO/C(C)=C/C(=C\C(C)C)S(=O)c1c(N2C(=O)c3ccccc3C2=O)n(C2CCCCC2)c2nccnc12.O=C1c2ccccc2C(=O)N1c1c(S(=O)C2=C(F)CCC=C2)c2nccnc2n1C1CCCCC1. The van der Waals surface area contributed by atoms with Crippen molar-refractivity contribution in [1.82, 2.24) is 29.1 Å². The molecule has 2 fully saturated rings. The first kappa shape index (κ1) is 49.5. The van der Waals surface area contributed by atoms with Gasteiger partial charge in [-0.15, -0.1) is 0 Å². The standard InChI is InChI=1S/C29H32N4O4S.C26H23FN4O3S/c1-18(2)16-21(17-19(3)37-4)38(36)25-24-26(31-15-14-30-24)32(20-10-6-5-7-11-20)27(25)33-28(34)22-12-8-9-13-23(22)29(33)35;27-19-12-6-7-13-20(19)35(34)22-21-23(29-15-14-28-21)30(16-8-2-1-3-9-16)24(22)31-25(32)17-10-4-5-11-18(17)26(31)33/h8-9,12-18,20H,5-7,10-11H2,1-4H3;4-5,7,10-11,13-16H,1-3,6,8-9,12H2/b19-17+,21-16+;. The summed E-state index contributed by atoms with van der Waals surface area (Å²) in [6.07, 6.45) is 23.5. The molecule has 0 bridgehead atoms. The summed E-state index contributed by atoms with van der Waals surface area (Å²) >= 11 is 0. The average molecular weight is 1020 g/mol. The Balaban J connectivity index is 0.000000168. The number of carbonyl (C=O) groups excluding carboxylic acids is 4. The maximum Gasteiger partial charge on any atom is 0.267 e. The van der Waals surface area contributed by atoms with Crippen LogP contribution in [0.1, 0.15) is 151 Å². The number of benzene rings is 2. The number of fused-ring (bicyclic) bond motifs is 4. The smallest absolute Gasteiger partial charge is 0.267 e. The topological polar surface area (TPSA) is 180 Å². The van der Waals surface area contributed by atoms with E-state index in [4.69, 9.17) is 4.74 Å². The van der Waals surface area contributed by atoms with Gasteiger partial charge in [0.1, 0.15) is 38.3 Å². The number of rotatable bonds is 11. The van der Waals surface area contributed by atoms with Gasteiger partial charge in [0.15, 0.2) is 11.3 Å². The van der Waals surface area contributed by atoms with Crippen molar-refractivity contribution in [2.24, 2.45) is 5.92 Å². The van der Waals surface area contributed by atoms with Crippen molar-refractivity contribution in [3.8, 4) is 0 Å². The Kier molecular flexibility index (Phi) is 14.1. The fourth-order valence-corrected chi connectivity index (χ4v) is 13.6. The van der Waals surface area contributed by atoms with Crippen LogP contribution >= 0.6 is 0 Å². The molecule has 11 rings (SSSR count). The van der Waals surface area contributed by atoms with E-state index in [9.17, 15) is 32.0 Å². The normalized spacial score (nSPS) is 18.8. The number of halogens is 1. The Hall–Kier alpha value is -7.05. The highest BCUT2D eigenvalue weighted by Crippen LogP contribution is 2.47. The molecule has 2 atom stereocenters. The van der Waals surface area contributed by atoms with Crippen molar-refractivity contribution in [2.45, 2.75) is 120 Å². The van der Waals surface area contributed by atoms with Gasteiger partial charge in [-0.05, 0) is 81.4 Å². The van der Waals surface area contributed by atoms with Crippen LogP contribution in [0.5, 0.6) is 0 Å². The second-order valence-corrected chi connectivity index (χ2v) is 21.9. The van der Waals surface area contributed by atoms with E-state index in [1.54, 1.807) is 93.3 Å². The van der Waals surface area contributed by atoms with E-state index < -0.39 is 51.1 Å². The van der Waals surface area contributed by atoms with Gasteiger partial charge in [0.25, 0.3) is 23.6 Å². The molecule has 6 aromatic rings. The van der Waals surface area contributed by atoms with E-state index in [0.717, 1.165) is 69.1 Å². The summed E-state index contributed by atoms with van der Waals surface area (Å²) < 4.78 is 52.6. The molecule has 2 aliphatic heterocycles. The van der Waals surface area contributed by atoms with Crippen LogP contribution in [0, 0.1) is 5.92 Å². The summed E-state index contributed by atoms with van der Waals surface area (Å²) in [5, 5.41) is 0. The summed E-state index contributed by atoms with van der Waals surface area (Å²) in [6.45, 7) is 5.80. The quantitative estimate of drug-likeness (QED) is 0.0684. The Morgan fingerprint density at radius 3 is 1.55 bits per heavy atom. The fraction of sp³-hybridized carbons (Fsp3) is 0.345. The van der Waals surface area contributed by atoms with E-state index >= 15 is 0 Å². The zero-order chi connectivity index (χ0) is 51.1. The predicted octanol–water partition coefficient (Wildman–Crippen LogP) is 11.3. The number of nitrogens with zero attached hydrogens (tertiary/aromatic N) is 8. The molecule has 0 N–H and O–H groups in total. The van der Waals surface area contributed by atoms with Crippen molar-refractivity contribution in [3.63, 3.8) is 0 Å². The predicted molar refractivity (Wildman–Crippen MR) is 277 cm³/mol. The molecule has 3 aliphatic carbocycles. The number of aromatic nitrogens is 6. The lowest BCUT2D eigenvalue weighted by Gasteiger charge is -2.28. The number of carbonyl (C=O) groups is 4.